The van der Waals surface area contributed by atoms with Crippen molar-refractivity contribution in [3.63, 3.8) is 0 Å². The predicted octanol–water partition coefficient (Wildman–Crippen LogP) is 2.64. The minimum atomic E-state index is -0.279. The fourth-order valence-electron chi connectivity index (χ4n) is 3.12. The molecule has 0 spiro atoms. The Morgan fingerprint density at radius 3 is 2.62 bits per heavy atom. The number of rotatable bonds is 5. The maximum absolute atomic E-state index is 12.7. The lowest BCUT2D eigenvalue weighted by atomic mass is 9.75. The number of methoxy groups -OCH3 is 1. The highest BCUT2D eigenvalue weighted by atomic mass is 16.5. The lowest BCUT2D eigenvalue weighted by Crippen LogP contribution is -2.41. The minimum absolute atomic E-state index is 0.102. The molecule has 1 aromatic carbocycles. The summed E-state index contributed by atoms with van der Waals surface area (Å²) in [7, 11) is 1.57. The molecule has 0 unspecified atom stereocenters. The molecule has 1 aromatic heterocycles. The average molecular weight is 326 g/mol. The number of aliphatic hydroxyl groups excluding tert-OH is 1. The molecule has 24 heavy (non-hydrogen) atoms. The number of pyridine rings is 1. The molecular weight excluding hydrogens is 304 g/mol. The van der Waals surface area contributed by atoms with Crippen molar-refractivity contribution in [3.05, 3.63) is 59.3 Å². The zero-order valence-electron chi connectivity index (χ0n) is 13.9. The fraction of sp³-hybridized carbons (Fsp3) is 0.368. The van der Waals surface area contributed by atoms with Gasteiger partial charge in [-0.2, -0.15) is 0 Å². The average Bonchev–Trinajstić information content (AvgIpc) is 2.57. The van der Waals surface area contributed by atoms with Crippen molar-refractivity contribution in [1.29, 1.82) is 0 Å². The molecule has 1 heterocycles. The van der Waals surface area contributed by atoms with Crippen LogP contribution in [0.15, 0.2) is 42.6 Å². The summed E-state index contributed by atoms with van der Waals surface area (Å²) in [5.74, 6) is 0.648. The second-order valence-corrected chi connectivity index (χ2v) is 6.29. The van der Waals surface area contributed by atoms with Gasteiger partial charge in [-0.1, -0.05) is 24.3 Å². The first-order chi connectivity index (χ1) is 11.6. The number of amides is 1. The highest BCUT2D eigenvalue weighted by molar-refractivity contribution is 5.95. The van der Waals surface area contributed by atoms with E-state index in [9.17, 15) is 9.90 Å². The van der Waals surface area contributed by atoms with E-state index in [2.05, 4.69) is 10.3 Å². The van der Waals surface area contributed by atoms with Gasteiger partial charge in [0.1, 0.15) is 0 Å². The van der Waals surface area contributed by atoms with Gasteiger partial charge in [0.2, 0.25) is 5.88 Å². The smallest absolute Gasteiger partial charge is 0.252 e. The summed E-state index contributed by atoms with van der Waals surface area (Å²) in [6, 6.07) is 11.1. The highest BCUT2D eigenvalue weighted by Crippen LogP contribution is 2.38. The third kappa shape index (κ3) is 3.41. The van der Waals surface area contributed by atoms with Crippen LogP contribution in [0.2, 0.25) is 0 Å². The third-order valence-electron chi connectivity index (χ3n) is 4.62. The number of carbonyl (C=O) groups is 1. The van der Waals surface area contributed by atoms with Gasteiger partial charge in [-0.05, 0) is 42.9 Å². The topological polar surface area (TPSA) is 71.5 Å². The third-order valence-corrected chi connectivity index (χ3v) is 4.62. The number of hydrogen-bond donors (Lipinski definition) is 2. The number of carbonyl (C=O) groups excluding carboxylic acids is 1. The molecule has 5 nitrogen and oxygen atoms in total. The van der Waals surface area contributed by atoms with E-state index >= 15 is 0 Å². The van der Waals surface area contributed by atoms with Crippen molar-refractivity contribution in [2.75, 3.05) is 7.11 Å². The molecule has 0 saturated heterocycles. The van der Waals surface area contributed by atoms with E-state index in [0.29, 0.717) is 24.3 Å². The van der Waals surface area contributed by atoms with E-state index in [0.717, 1.165) is 11.1 Å². The summed E-state index contributed by atoms with van der Waals surface area (Å²) in [5.41, 5.74) is 2.54. The van der Waals surface area contributed by atoms with Crippen LogP contribution < -0.4 is 10.1 Å². The van der Waals surface area contributed by atoms with Gasteiger partial charge in [0, 0.05) is 17.8 Å². The first-order valence-corrected chi connectivity index (χ1v) is 8.13. The Morgan fingerprint density at radius 1 is 1.29 bits per heavy atom. The molecule has 0 bridgehead atoms. The van der Waals surface area contributed by atoms with Crippen LogP contribution in [-0.2, 0) is 0 Å². The summed E-state index contributed by atoms with van der Waals surface area (Å²) in [4.78, 5) is 16.9. The minimum Gasteiger partial charge on any atom is -0.481 e. The molecule has 0 aliphatic heterocycles. The Balaban J connectivity index is 1.82. The van der Waals surface area contributed by atoms with Crippen molar-refractivity contribution in [2.45, 2.75) is 31.9 Å². The molecule has 1 saturated carbocycles. The van der Waals surface area contributed by atoms with E-state index in [4.69, 9.17) is 4.74 Å². The molecule has 1 atom stereocenters. The van der Waals surface area contributed by atoms with Crippen LogP contribution in [-0.4, -0.2) is 29.2 Å². The fourth-order valence-corrected chi connectivity index (χ4v) is 3.12. The van der Waals surface area contributed by atoms with Crippen molar-refractivity contribution < 1.29 is 14.6 Å². The summed E-state index contributed by atoms with van der Waals surface area (Å²) in [6.07, 6.45) is 2.82. The Bertz CT molecular complexity index is 709. The molecule has 1 fully saturated rings. The number of aryl methyl sites for hydroxylation is 1. The lowest BCUT2D eigenvalue weighted by Gasteiger charge is -2.38. The Hall–Kier alpha value is -2.40. The van der Waals surface area contributed by atoms with Gasteiger partial charge in [-0.3, -0.25) is 4.79 Å². The molecule has 126 valence electrons. The van der Waals surface area contributed by atoms with Gasteiger partial charge >= 0.3 is 0 Å². The first kappa shape index (κ1) is 16.5. The van der Waals surface area contributed by atoms with E-state index in [1.807, 2.05) is 37.3 Å². The van der Waals surface area contributed by atoms with Gasteiger partial charge in [0.15, 0.2) is 0 Å². The predicted molar refractivity (Wildman–Crippen MR) is 90.9 cm³/mol. The molecule has 3 rings (SSSR count). The largest absolute Gasteiger partial charge is 0.481 e. The van der Waals surface area contributed by atoms with E-state index in [1.54, 1.807) is 19.4 Å². The summed E-state index contributed by atoms with van der Waals surface area (Å²) < 4.78 is 5.09. The van der Waals surface area contributed by atoms with Crippen LogP contribution in [0.5, 0.6) is 5.88 Å². The maximum atomic E-state index is 12.7. The van der Waals surface area contributed by atoms with Gasteiger partial charge in [-0.25, -0.2) is 4.98 Å². The Kier molecular flexibility index (Phi) is 4.81. The van der Waals surface area contributed by atoms with Crippen LogP contribution >= 0.6 is 0 Å². The standard InChI is InChI=1S/C19H22N2O3/c1-12-5-3-4-6-16(12)19(23)21-18(14-9-15(22)10-14)13-7-8-17(24-2)20-11-13/h3-8,11,14-15,18,22H,9-10H2,1-2H3,(H,21,23)/t14?,15?,18-/m0/s1. The van der Waals surface area contributed by atoms with Gasteiger partial charge in [0.25, 0.3) is 5.91 Å². The van der Waals surface area contributed by atoms with E-state index in [-0.39, 0.29) is 24.0 Å². The van der Waals surface area contributed by atoms with Crippen LogP contribution in [0.4, 0.5) is 0 Å². The van der Waals surface area contributed by atoms with Crippen molar-refractivity contribution in [3.8, 4) is 5.88 Å². The number of aliphatic hydroxyl groups is 1. The van der Waals surface area contributed by atoms with Crippen LogP contribution in [0.25, 0.3) is 0 Å². The number of nitrogens with zero attached hydrogens (tertiary/aromatic N) is 1. The molecule has 0 radical (unpaired) electrons. The summed E-state index contributed by atoms with van der Waals surface area (Å²) in [6.45, 7) is 1.92. The number of nitrogens with one attached hydrogen (secondary N) is 1. The lowest BCUT2D eigenvalue weighted by molar-refractivity contribution is 0.0234. The molecule has 1 aliphatic carbocycles. The van der Waals surface area contributed by atoms with Crippen molar-refractivity contribution in [2.24, 2.45) is 5.92 Å². The highest BCUT2D eigenvalue weighted by Gasteiger charge is 2.36. The normalized spacial score (nSPS) is 20.8. The molecule has 1 amide bonds. The van der Waals surface area contributed by atoms with Gasteiger partial charge < -0.3 is 15.2 Å². The summed E-state index contributed by atoms with van der Waals surface area (Å²) >= 11 is 0. The number of aromatic nitrogens is 1. The SMILES string of the molecule is COc1ccc([C@H](NC(=O)c2ccccc2C)C2CC(O)C2)cn1. The van der Waals surface area contributed by atoms with Crippen LogP contribution in [0.1, 0.15) is 40.4 Å². The Labute approximate surface area is 141 Å². The Morgan fingerprint density at radius 2 is 2.04 bits per heavy atom. The second kappa shape index (κ2) is 7.01. The zero-order chi connectivity index (χ0) is 17.1. The second-order valence-electron chi connectivity index (χ2n) is 6.29. The first-order valence-electron chi connectivity index (χ1n) is 8.13. The molecule has 2 N–H and O–H groups in total. The van der Waals surface area contributed by atoms with E-state index < -0.39 is 0 Å². The molecular formula is C19H22N2O3. The maximum Gasteiger partial charge on any atom is 0.252 e. The van der Waals surface area contributed by atoms with Crippen molar-refractivity contribution in [1.82, 2.24) is 10.3 Å². The number of hydrogen-bond acceptors (Lipinski definition) is 4. The van der Waals surface area contributed by atoms with Crippen molar-refractivity contribution >= 4 is 5.91 Å². The monoisotopic (exact) mass is 326 g/mol. The quantitative estimate of drug-likeness (QED) is 0.886. The van der Waals surface area contributed by atoms with Crippen LogP contribution in [0, 0.1) is 12.8 Å². The molecule has 2 aromatic rings. The number of ether oxygens (including phenoxy) is 1. The zero-order valence-corrected chi connectivity index (χ0v) is 13.9. The summed E-state index contributed by atoms with van der Waals surface area (Å²) in [5, 5.41) is 12.8. The van der Waals surface area contributed by atoms with Gasteiger partial charge in [-0.15, -0.1) is 0 Å². The molecule has 5 heteroatoms. The van der Waals surface area contributed by atoms with E-state index in [1.165, 1.54) is 0 Å². The van der Waals surface area contributed by atoms with Crippen LogP contribution in [0.3, 0.4) is 0 Å². The van der Waals surface area contributed by atoms with Gasteiger partial charge in [0.05, 0.1) is 19.3 Å². The number of benzene rings is 1. The molecule has 1 aliphatic rings.